The van der Waals surface area contributed by atoms with Crippen molar-refractivity contribution in [2.24, 2.45) is 0 Å². The fourth-order valence-corrected chi connectivity index (χ4v) is 8.06. The molecule has 0 aromatic rings. The van der Waals surface area contributed by atoms with Crippen LogP contribution >= 0.6 is 7.14 Å². The van der Waals surface area contributed by atoms with Crippen LogP contribution in [0.1, 0.15) is 78.6 Å². The van der Waals surface area contributed by atoms with Crippen molar-refractivity contribution >= 4 is 7.14 Å². The molecule has 29 heavy (non-hydrogen) atoms. The summed E-state index contributed by atoms with van der Waals surface area (Å²) in [4.78, 5) is 0. The van der Waals surface area contributed by atoms with Gasteiger partial charge in [0.2, 0.25) is 0 Å². The molecule has 11 heteroatoms. The van der Waals surface area contributed by atoms with Crippen LogP contribution in [0, 0.1) is 0 Å². The van der Waals surface area contributed by atoms with Crippen molar-refractivity contribution in [3.63, 3.8) is 0 Å². The van der Waals surface area contributed by atoms with Gasteiger partial charge in [0, 0.05) is 0 Å². The maximum absolute atomic E-state index is 13.8. The van der Waals surface area contributed by atoms with Gasteiger partial charge in [0.25, 0.3) is 0 Å². The first-order chi connectivity index (χ1) is 13.1. The van der Waals surface area contributed by atoms with E-state index in [1.165, 1.54) is 20.8 Å². The van der Waals surface area contributed by atoms with Crippen molar-refractivity contribution in [2.45, 2.75) is 114 Å². The number of halogens is 9. The molecule has 0 aliphatic heterocycles. The molecule has 0 bridgehead atoms. The molecule has 3 atom stereocenters. The number of hydrogen-bond acceptors (Lipinski definition) is 1. The topological polar surface area (TPSA) is 17.1 Å². The summed E-state index contributed by atoms with van der Waals surface area (Å²) in [5, 5.41) is 0. The molecule has 176 valence electrons. The van der Waals surface area contributed by atoms with Crippen molar-refractivity contribution in [2.75, 3.05) is 0 Å². The van der Waals surface area contributed by atoms with Crippen LogP contribution < -0.4 is 0 Å². The van der Waals surface area contributed by atoms with E-state index in [0.29, 0.717) is 0 Å². The molecular formula is C18H30F9OP. The van der Waals surface area contributed by atoms with Gasteiger partial charge in [0.05, 0.1) is 0 Å². The summed E-state index contributed by atoms with van der Waals surface area (Å²) in [7, 11) is -5.88. The Labute approximate surface area is 166 Å². The third kappa shape index (κ3) is 7.98. The maximum Gasteiger partial charge on any atom is 0.398 e. The summed E-state index contributed by atoms with van der Waals surface area (Å²) in [5.74, 6) is 0. The first-order valence-corrected chi connectivity index (χ1v) is 11.8. The van der Waals surface area contributed by atoms with E-state index in [-0.39, 0.29) is 38.5 Å². The molecule has 0 aliphatic rings. The van der Waals surface area contributed by atoms with Crippen molar-refractivity contribution < 1.29 is 44.1 Å². The van der Waals surface area contributed by atoms with E-state index in [2.05, 4.69) is 0 Å². The Morgan fingerprint density at radius 2 is 0.759 bits per heavy atom. The fraction of sp³-hybridized carbons (Fsp3) is 1.00. The molecule has 0 aliphatic carbocycles. The second-order valence-corrected chi connectivity index (χ2v) is 10.8. The van der Waals surface area contributed by atoms with Gasteiger partial charge in [0.15, 0.2) is 0 Å². The van der Waals surface area contributed by atoms with Gasteiger partial charge in [-0.3, -0.25) is 0 Å². The molecule has 0 saturated carbocycles. The second kappa shape index (κ2) is 11.3. The van der Waals surface area contributed by atoms with Crippen LogP contribution in [-0.2, 0) is 4.57 Å². The van der Waals surface area contributed by atoms with E-state index in [1.807, 2.05) is 0 Å². The van der Waals surface area contributed by atoms with E-state index in [4.69, 9.17) is 0 Å². The molecule has 0 saturated heterocycles. The van der Waals surface area contributed by atoms with Gasteiger partial charge in [-0.05, 0) is 19.3 Å². The Morgan fingerprint density at radius 3 is 0.897 bits per heavy atom. The van der Waals surface area contributed by atoms with E-state index in [0.717, 1.165) is 0 Å². The fourth-order valence-electron chi connectivity index (χ4n) is 3.63. The lowest BCUT2D eigenvalue weighted by Gasteiger charge is -2.41. The summed E-state index contributed by atoms with van der Waals surface area (Å²) in [6, 6.07) is 0. The smallest absolute Gasteiger partial charge is 0.322 e. The van der Waals surface area contributed by atoms with Crippen molar-refractivity contribution in [1.29, 1.82) is 0 Å². The Hall–Kier alpha value is -0.400. The lowest BCUT2D eigenvalue weighted by Crippen LogP contribution is -2.46. The van der Waals surface area contributed by atoms with Crippen molar-refractivity contribution in [3.8, 4) is 0 Å². The number of unbranched alkanes of at least 4 members (excludes halogenated alkanes) is 3. The summed E-state index contributed by atoms with van der Waals surface area (Å²) < 4.78 is 138. The summed E-state index contributed by atoms with van der Waals surface area (Å²) >= 11 is 0. The van der Waals surface area contributed by atoms with Gasteiger partial charge in [-0.1, -0.05) is 59.3 Å². The summed E-state index contributed by atoms with van der Waals surface area (Å²) in [5.41, 5.74) is -9.37. The molecule has 3 unspecified atom stereocenters. The van der Waals surface area contributed by atoms with Crippen molar-refractivity contribution in [1.82, 2.24) is 0 Å². The molecule has 0 radical (unpaired) electrons. The van der Waals surface area contributed by atoms with Crippen LogP contribution in [0.2, 0.25) is 0 Å². The largest absolute Gasteiger partial charge is 0.398 e. The number of hydrogen-bond donors (Lipinski definition) is 0. The SMILES string of the molecule is CCCCC(C(F)(F)F)P(=O)(C(CCCC)C(F)(F)F)C(CCCC)C(F)(F)F. The van der Waals surface area contributed by atoms with Gasteiger partial charge in [-0.2, -0.15) is 39.5 Å². The van der Waals surface area contributed by atoms with Crippen LogP contribution in [0.15, 0.2) is 0 Å². The van der Waals surface area contributed by atoms with E-state index in [1.54, 1.807) is 0 Å². The van der Waals surface area contributed by atoms with Gasteiger partial charge in [-0.15, -0.1) is 0 Å². The number of alkyl halides is 9. The van der Waals surface area contributed by atoms with E-state index < -0.39 is 61.9 Å². The quantitative estimate of drug-likeness (QED) is 0.209. The average molecular weight is 464 g/mol. The highest BCUT2D eigenvalue weighted by Crippen LogP contribution is 2.72. The van der Waals surface area contributed by atoms with Gasteiger partial charge < -0.3 is 4.57 Å². The standard InChI is InChI=1S/C18H30F9OP/c1-4-7-10-13(16(19,20)21)29(28,14(11-8-5-2)17(22,23)24)15(12-9-6-3)18(25,26)27/h13-15H,4-12H2,1-3H3. The van der Waals surface area contributed by atoms with Crippen LogP contribution in [0.5, 0.6) is 0 Å². The molecule has 0 rings (SSSR count). The average Bonchev–Trinajstić information content (AvgIpc) is 2.52. The lowest BCUT2D eigenvalue weighted by atomic mass is 10.2. The molecule has 0 spiro atoms. The molecule has 0 heterocycles. The number of rotatable bonds is 12. The Kier molecular flexibility index (Phi) is 11.1. The zero-order valence-electron chi connectivity index (χ0n) is 16.9. The Morgan fingerprint density at radius 1 is 0.552 bits per heavy atom. The molecule has 1 nitrogen and oxygen atoms in total. The van der Waals surface area contributed by atoms with Crippen LogP contribution in [0.25, 0.3) is 0 Å². The third-order valence-electron chi connectivity index (χ3n) is 5.09. The van der Waals surface area contributed by atoms with Crippen LogP contribution in [0.4, 0.5) is 39.5 Å². The third-order valence-corrected chi connectivity index (χ3v) is 9.66. The normalized spacial score (nSPS) is 18.9. The minimum Gasteiger partial charge on any atom is -0.322 e. The molecule has 0 aromatic carbocycles. The molecule has 0 fully saturated rings. The minimum absolute atomic E-state index is 0.129. The van der Waals surface area contributed by atoms with Crippen LogP contribution in [-0.4, -0.2) is 35.5 Å². The first kappa shape index (κ1) is 28.6. The predicted molar refractivity (Wildman–Crippen MR) is 95.7 cm³/mol. The Bertz CT molecular complexity index is 440. The highest BCUT2D eigenvalue weighted by Gasteiger charge is 2.67. The molecule has 0 N–H and O–H groups in total. The minimum atomic E-state index is -5.88. The monoisotopic (exact) mass is 464 g/mol. The first-order valence-electron chi connectivity index (χ1n) is 9.87. The van der Waals surface area contributed by atoms with Crippen molar-refractivity contribution in [3.05, 3.63) is 0 Å². The maximum atomic E-state index is 13.8. The van der Waals surface area contributed by atoms with Gasteiger partial charge in [-0.25, -0.2) is 0 Å². The highest BCUT2D eigenvalue weighted by atomic mass is 31.2. The zero-order valence-corrected chi connectivity index (χ0v) is 17.7. The Balaban J connectivity index is 6.82. The molecular weight excluding hydrogens is 434 g/mol. The van der Waals surface area contributed by atoms with E-state index in [9.17, 15) is 44.1 Å². The highest BCUT2D eigenvalue weighted by molar-refractivity contribution is 7.66. The van der Waals surface area contributed by atoms with E-state index >= 15 is 0 Å². The lowest BCUT2D eigenvalue weighted by molar-refractivity contribution is -0.150. The molecule has 0 aromatic heterocycles. The van der Waals surface area contributed by atoms with Gasteiger partial charge in [0.1, 0.15) is 24.1 Å². The zero-order chi connectivity index (χ0) is 23.1. The second-order valence-electron chi connectivity index (χ2n) is 7.36. The van der Waals surface area contributed by atoms with Crippen LogP contribution in [0.3, 0.4) is 0 Å². The summed E-state index contributed by atoms with van der Waals surface area (Å²) in [6.07, 6.45) is -19.7. The molecule has 0 amide bonds. The van der Waals surface area contributed by atoms with Gasteiger partial charge >= 0.3 is 18.5 Å². The predicted octanol–water partition coefficient (Wildman–Crippen LogP) is 8.71. The summed E-state index contributed by atoms with van der Waals surface area (Å²) in [6.45, 7) is 4.40.